The number of carbonyl (C=O) groups is 1. The molecule has 1 aromatic carbocycles. The van der Waals surface area contributed by atoms with Gasteiger partial charge in [0.2, 0.25) is 10.0 Å². The van der Waals surface area contributed by atoms with Gasteiger partial charge in [-0.05, 0) is 24.3 Å². The molecule has 7 nitrogen and oxygen atoms in total. The average Bonchev–Trinajstić information content (AvgIpc) is 2.73. The van der Waals surface area contributed by atoms with E-state index >= 15 is 0 Å². The first kappa shape index (κ1) is 14.2. The van der Waals surface area contributed by atoms with Gasteiger partial charge in [-0.1, -0.05) is 0 Å². The standard InChI is InChI=1S/C11H11FN4O3S/c1-16-9(4-5-14-16)11(17)15-8-6-7(12)2-3-10(8)20(13,18)19/h2-6H,1H3,(H,15,17)(H2,13,18,19). The zero-order chi connectivity index (χ0) is 14.9. The van der Waals surface area contributed by atoms with Crippen LogP contribution in [0.15, 0.2) is 35.4 Å². The van der Waals surface area contributed by atoms with Gasteiger partial charge in [0, 0.05) is 13.2 Å². The van der Waals surface area contributed by atoms with Gasteiger partial charge in [0.05, 0.1) is 5.69 Å². The van der Waals surface area contributed by atoms with Gasteiger partial charge in [0.1, 0.15) is 16.4 Å². The van der Waals surface area contributed by atoms with E-state index in [0.717, 1.165) is 18.2 Å². The van der Waals surface area contributed by atoms with Gasteiger partial charge in [-0.25, -0.2) is 17.9 Å². The van der Waals surface area contributed by atoms with Crippen molar-refractivity contribution in [2.75, 3.05) is 5.32 Å². The highest BCUT2D eigenvalue weighted by Gasteiger charge is 2.18. The van der Waals surface area contributed by atoms with E-state index in [1.54, 1.807) is 7.05 Å². The highest BCUT2D eigenvalue weighted by molar-refractivity contribution is 7.89. The molecule has 0 saturated heterocycles. The molecule has 1 heterocycles. The number of nitrogens with zero attached hydrogens (tertiary/aromatic N) is 2. The quantitative estimate of drug-likeness (QED) is 0.858. The molecule has 1 aromatic heterocycles. The van der Waals surface area contributed by atoms with Crippen molar-refractivity contribution in [2.45, 2.75) is 4.90 Å². The lowest BCUT2D eigenvalue weighted by molar-refractivity contribution is 0.101. The topological polar surface area (TPSA) is 107 Å². The van der Waals surface area contributed by atoms with E-state index in [1.165, 1.54) is 16.9 Å². The first-order chi connectivity index (χ1) is 9.29. The average molecular weight is 298 g/mol. The summed E-state index contributed by atoms with van der Waals surface area (Å²) in [6.07, 6.45) is 1.40. The first-order valence-electron chi connectivity index (χ1n) is 5.41. The van der Waals surface area contributed by atoms with Gasteiger partial charge in [-0.15, -0.1) is 0 Å². The van der Waals surface area contributed by atoms with E-state index in [0.29, 0.717) is 0 Å². The maximum absolute atomic E-state index is 13.2. The van der Waals surface area contributed by atoms with Crippen LogP contribution in [-0.2, 0) is 17.1 Å². The minimum atomic E-state index is -4.08. The van der Waals surface area contributed by atoms with Crippen molar-refractivity contribution >= 4 is 21.6 Å². The molecule has 1 amide bonds. The van der Waals surface area contributed by atoms with E-state index in [1.807, 2.05) is 0 Å². The fourth-order valence-corrected chi connectivity index (χ4v) is 2.31. The molecule has 20 heavy (non-hydrogen) atoms. The number of aromatic nitrogens is 2. The Hall–Kier alpha value is -2.26. The van der Waals surface area contributed by atoms with Crippen LogP contribution in [0.1, 0.15) is 10.5 Å². The summed E-state index contributed by atoms with van der Waals surface area (Å²) < 4.78 is 37.3. The van der Waals surface area contributed by atoms with E-state index in [4.69, 9.17) is 5.14 Å². The Morgan fingerprint density at radius 2 is 2.10 bits per heavy atom. The molecule has 0 aliphatic heterocycles. The summed E-state index contributed by atoms with van der Waals surface area (Å²) in [5.41, 5.74) is -0.0340. The zero-order valence-electron chi connectivity index (χ0n) is 10.4. The molecule has 0 unspecified atom stereocenters. The number of aryl methyl sites for hydroxylation is 1. The number of hydrogen-bond donors (Lipinski definition) is 2. The minimum absolute atomic E-state index is 0.189. The summed E-state index contributed by atoms with van der Waals surface area (Å²) >= 11 is 0. The molecule has 0 fully saturated rings. The zero-order valence-corrected chi connectivity index (χ0v) is 11.2. The van der Waals surface area contributed by atoms with Gasteiger partial charge >= 0.3 is 0 Å². The van der Waals surface area contributed by atoms with Crippen LogP contribution < -0.4 is 10.5 Å². The molecule has 106 valence electrons. The van der Waals surface area contributed by atoms with Crippen LogP contribution in [0, 0.1) is 5.82 Å². The summed E-state index contributed by atoms with van der Waals surface area (Å²) in [5.74, 6) is -1.32. The molecule has 0 atom stereocenters. The molecule has 0 aliphatic rings. The molecule has 3 N–H and O–H groups in total. The van der Waals surface area contributed by atoms with Crippen molar-refractivity contribution in [3.8, 4) is 0 Å². The van der Waals surface area contributed by atoms with Crippen molar-refractivity contribution in [1.82, 2.24) is 9.78 Å². The summed E-state index contributed by atoms with van der Waals surface area (Å²) in [7, 11) is -2.54. The molecule has 0 bridgehead atoms. The lowest BCUT2D eigenvalue weighted by Crippen LogP contribution is -2.20. The molecule has 0 saturated carbocycles. The van der Waals surface area contributed by atoms with Gasteiger partial charge in [-0.3, -0.25) is 9.48 Å². The lowest BCUT2D eigenvalue weighted by Gasteiger charge is -2.09. The summed E-state index contributed by atoms with van der Waals surface area (Å²) in [6.45, 7) is 0. The third kappa shape index (κ3) is 2.83. The normalized spacial score (nSPS) is 11.3. The third-order valence-electron chi connectivity index (χ3n) is 2.55. The number of benzene rings is 1. The number of hydrogen-bond acceptors (Lipinski definition) is 4. The van der Waals surface area contributed by atoms with Crippen molar-refractivity contribution < 1.29 is 17.6 Å². The highest BCUT2D eigenvalue weighted by atomic mass is 32.2. The number of carbonyl (C=O) groups excluding carboxylic acids is 1. The molecule has 0 aliphatic carbocycles. The van der Waals surface area contributed by atoms with Crippen LogP contribution >= 0.6 is 0 Å². The minimum Gasteiger partial charge on any atom is -0.319 e. The second-order valence-electron chi connectivity index (χ2n) is 3.98. The fourth-order valence-electron chi connectivity index (χ4n) is 1.63. The number of primary sulfonamides is 1. The number of nitrogens with one attached hydrogen (secondary N) is 1. The lowest BCUT2D eigenvalue weighted by atomic mass is 10.3. The molecule has 0 radical (unpaired) electrons. The Bertz CT molecular complexity index is 770. The van der Waals surface area contributed by atoms with Crippen LogP contribution in [0.25, 0.3) is 0 Å². The Morgan fingerprint density at radius 3 is 2.65 bits per heavy atom. The number of sulfonamides is 1. The van der Waals surface area contributed by atoms with Gasteiger partial charge in [0.15, 0.2) is 0 Å². The first-order valence-corrected chi connectivity index (χ1v) is 6.95. The molecular formula is C11H11FN4O3S. The van der Waals surface area contributed by atoms with Crippen LogP contribution in [-0.4, -0.2) is 24.1 Å². The van der Waals surface area contributed by atoms with Gasteiger partial charge in [-0.2, -0.15) is 5.10 Å². The summed E-state index contributed by atoms with van der Waals surface area (Å²) in [6, 6.07) is 4.25. The van der Waals surface area contributed by atoms with E-state index in [2.05, 4.69) is 10.4 Å². The highest BCUT2D eigenvalue weighted by Crippen LogP contribution is 2.21. The second-order valence-corrected chi connectivity index (χ2v) is 5.51. The smallest absolute Gasteiger partial charge is 0.273 e. The summed E-state index contributed by atoms with van der Waals surface area (Å²) in [5, 5.41) is 11.1. The van der Waals surface area contributed by atoms with Crippen LogP contribution in [0.2, 0.25) is 0 Å². The van der Waals surface area contributed by atoms with E-state index < -0.39 is 21.7 Å². The Kier molecular flexibility index (Phi) is 3.55. The van der Waals surface area contributed by atoms with Crippen LogP contribution in [0.3, 0.4) is 0 Å². The SMILES string of the molecule is Cn1nccc1C(=O)Nc1cc(F)ccc1S(N)(=O)=O. The second kappa shape index (κ2) is 5.02. The van der Waals surface area contributed by atoms with Gasteiger partial charge in [0.25, 0.3) is 5.91 Å². The van der Waals surface area contributed by atoms with Crippen molar-refractivity contribution in [1.29, 1.82) is 0 Å². The Morgan fingerprint density at radius 1 is 1.40 bits per heavy atom. The molecule has 2 aromatic rings. The molecular weight excluding hydrogens is 287 g/mol. The molecule has 2 rings (SSSR count). The number of rotatable bonds is 3. The maximum atomic E-state index is 13.2. The fraction of sp³-hybridized carbons (Fsp3) is 0.0909. The van der Waals surface area contributed by atoms with Gasteiger partial charge < -0.3 is 5.32 Å². The van der Waals surface area contributed by atoms with E-state index in [9.17, 15) is 17.6 Å². The predicted molar refractivity (Wildman–Crippen MR) is 68.9 cm³/mol. The Balaban J connectivity index is 2.41. The van der Waals surface area contributed by atoms with Crippen molar-refractivity contribution in [3.63, 3.8) is 0 Å². The predicted octanol–water partition coefficient (Wildman–Crippen LogP) is 0.459. The molecule has 0 spiro atoms. The number of nitrogens with two attached hydrogens (primary N) is 1. The number of amides is 1. The van der Waals surface area contributed by atoms with Crippen LogP contribution in [0.4, 0.5) is 10.1 Å². The number of halogens is 1. The van der Waals surface area contributed by atoms with Crippen molar-refractivity contribution in [3.05, 3.63) is 42.0 Å². The number of anilines is 1. The van der Waals surface area contributed by atoms with Crippen LogP contribution in [0.5, 0.6) is 0 Å². The van der Waals surface area contributed by atoms with Crippen molar-refractivity contribution in [2.24, 2.45) is 12.2 Å². The monoisotopic (exact) mass is 298 g/mol. The molecule has 9 heteroatoms. The largest absolute Gasteiger partial charge is 0.319 e. The maximum Gasteiger partial charge on any atom is 0.273 e. The summed E-state index contributed by atoms with van der Waals surface area (Å²) in [4.78, 5) is 11.6. The Labute approximate surface area is 114 Å². The van der Waals surface area contributed by atoms with E-state index in [-0.39, 0.29) is 16.3 Å². The third-order valence-corrected chi connectivity index (χ3v) is 3.52.